The first-order valence-corrected chi connectivity index (χ1v) is 23.0. The van der Waals surface area contributed by atoms with Crippen LogP contribution in [0.5, 0.6) is 0 Å². The molecule has 0 radical (unpaired) electrons. The molecule has 0 spiro atoms. The van der Waals surface area contributed by atoms with Gasteiger partial charge in [0, 0.05) is 0 Å². The molecule has 0 bridgehead atoms. The lowest BCUT2D eigenvalue weighted by molar-refractivity contribution is 0.190. The van der Waals surface area contributed by atoms with E-state index in [2.05, 4.69) is 29.4 Å². The molecule has 0 aliphatic rings. The minimum absolute atomic E-state index is 0.745. The van der Waals surface area contributed by atoms with Crippen LogP contribution in [-0.4, -0.2) is 200 Å². The minimum Gasteiger partial charge on any atom is -0.330 e. The standard InChI is InChI=1S/C41H98N14/c42-16-1-2-24-50(27-5-17-43)34-12-35-51(36-13-39-53(28-6-18-44)29-7-19-45)25-3-4-26-52(37-14-40-54(30-8-20-46)31-9-21-47)38-15-41-55(32-10-22-48)33-11-23-49/h1-49H2. The molecule has 0 unspecified atom stereocenters. The van der Waals surface area contributed by atoms with Gasteiger partial charge in [-0.2, -0.15) is 0 Å². The van der Waals surface area contributed by atoms with Gasteiger partial charge < -0.3 is 75.3 Å². The highest BCUT2D eigenvalue weighted by Crippen LogP contribution is 2.08. The second-order valence-corrected chi connectivity index (χ2v) is 15.7. The Bertz CT molecular complexity index is 689. The van der Waals surface area contributed by atoms with Crippen LogP contribution >= 0.6 is 0 Å². The van der Waals surface area contributed by atoms with E-state index >= 15 is 0 Å². The van der Waals surface area contributed by atoms with Crippen LogP contribution in [0.2, 0.25) is 0 Å². The number of nitrogens with two attached hydrogens (primary N) is 8. The first kappa shape index (κ1) is 54.4. The SMILES string of the molecule is NCCCCN(CCCN)CCCN(CCCCN(CCCN(CCCN)CCCN)CCCN(CCCN)CCCN)CCCN(CCCN)CCCN. The van der Waals surface area contributed by atoms with Gasteiger partial charge in [-0.05, 0) is 266 Å². The molecule has 0 amide bonds. The molecule has 55 heavy (non-hydrogen) atoms. The molecule has 0 aliphatic heterocycles. The van der Waals surface area contributed by atoms with Crippen molar-refractivity contribution in [3.8, 4) is 0 Å². The zero-order valence-corrected chi connectivity index (χ0v) is 36.3. The van der Waals surface area contributed by atoms with Crippen molar-refractivity contribution in [1.29, 1.82) is 0 Å². The van der Waals surface area contributed by atoms with E-state index in [0.29, 0.717) is 0 Å². The Morgan fingerprint density at radius 2 is 0.273 bits per heavy atom. The Morgan fingerprint density at radius 3 is 0.436 bits per heavy atom. The normalized spacial score (nSPS) is 12.3. The fourth-order valence-corrected chi connectivity index (χ4v) is 7.44. The minimum atomic E-state index is 0.745. The molecule has 14 nitrogen and oxygen atoms in total. The van der Waals surface area contributed by atoms with E-state index in [1.54, 1.807) is 0 Å². The summed E-state index contributed by atoms with van der Waals surface area (Å²) in [5, 5.41) is 0. The summed E-state index contributed by atoms with van der Waals surface area (Å²) in [6.07, 6.45) is 16.8. The highest BCUT2D eigenvalue weighted by Gasteiger charge is 2.13. The van der Waals surface area contributed by atoms with Crippen molar-refractivity contribution in [2.75, 3.05) is 170 Å². The summed E-state index contributed by atoms with van der Waals surface area (Å²) in [6, 6.07) is 0. The van der Waals surface area contributed by atoms with E-state index in [-0.39, 0.29) is 0 Å². The molecular weight excluding hydrogens is 689 g/mol. The molecule has 0 saturated carbocycles. The van der Waals surface area contributed by atoms with Gasteiger partial charge in [-0.25, -0.2) is 0 Å². The van der Waals surface area contributed by atoms with Crippen LogP contribution < -0.4 is 45.9 Å². The first-order valence-electron chi connectivity index (χ1n) is 23.0. The van der Waals surface area contributed by atoms with Gasteiger partial charge >= 0.3 is 0 Å². The lowest BCUT2D eigenvalue weighted by Crippen LogP contribution is -2.36. The van der Waals surface area contributed by atoms with Crippen LogP contribution in [0.1, 0.15) is 96.3 Å². The summed E-state index contributed by atoms with van der Waals surface area (Å²) < 4.78 is 0. The van der Waals surface area contributed by atoms with E-state index in [9.17, 15) is 0 Å². The molecule has 0 atom stereocenters. The Labute approximate surface area is 341 Å². The van der Waals surface area contributed by atoms with Crippen LogP contribution in [-0.2, 0) is 0 Å². The lowest BCUT2D eigenvalue weighted by atomic mass is 10.2. The van der Waals surface area contributed by atoms with E-state index < -0.39 is 0 Å². The topological polar surface area (TPSA) is 228 Å². The van der Waals surface area contributed by atoms with Gasteiger partial charge in [0.2, 0.25) is 0 Å². The monoisotopic (exact) mass is 787 g/mol. The molecule has 0 heterocycles. The third-order valence-electron chi connectivity index (χ3n) is 10.7. The van der Waals surface area contributed by atoms with Gasteiger partial charge in [0.1, 0.15) is 0 Å². The molecule has 0 aromatic heterocycles. The van der Waals surface area contributed by atoms with Crippen molar-refractivity contribution in [3.63, 3.8) is 0 Å². The fourth-order valence-electron chi connectivity index (χ4n) is 7.44. The zero-order valence-electron chi connectivity index (χ0n) is 36.3. The summed E-state index contributed by atoms with van der Waals surface area (Å²) in [5.74, 6) is 0. The van der Waals surface area contributed by atoms with E-state index in [1.807, 2.05) is 0 Å². The van der Waals surface area contributed by atoms with Crippen LogP contribution in [0.15, 0.2) is 0 Å². The van der Waals surface area contributed by atoms with Crippen molar-refractivity contribution in [2.24, 2.45) is 45.9 Å². The molecular formula is C41H98N14. The van der Waals surface area contributed by atoms with Crippen LogP contribution in [0.3, 0.4) is 0 Å². The average Bonchev–Trinajstić information content (AvgIpc) is 3.20. The number of hydrogen-bond donors (Lipinski definition) is 8. The fraction of sp³-hybridized carbons (Fsp3) is 1.00. The van der Waals surface area contributed by atoms with Crippen molar-refractivity contribution in [3.05, 3.63) is 0 Å². The summed E-state index contributed by atoms with van der Waals surface area (Å²) >= 11 is 0. The summed E-state index contributed by atoms with van der Waals surface area (Å²) in [6.45, 7) is 26.0. The summed E-state index contributed by atoms with van der Waals surface area (Å²) in [5.41, 5.74) is 46.9. The van der Waals surface area contributed by atoms with Gasteiger partial charge in [0.25, 0.3) is 0 Å². The number of nitrogens with zero attached hydrogens (tertiary/aromatic N) is 6. The van der Waals surface area contributed by atoms with Crippen molar-refractivity contribution in [2.45, 2.75) is 96.3 Å². The quantitative estimate of drug-likeness (QED) is 0.0389. The first-order chi connectivity index (χ1) is 27.0. The highest BCUT2D eigenvalue weighted by atomic mass is 15.2. The van der Waals surface area contributed by atoms with Gasteiger partial charge in [-0.15, -0.1) is 0 Å². The number of rotatable bonds is 46. The smallest absolute Gasteiger partial charge is 0.000653 e. The Balaban J connectivity index is 5.45. The van der Waals surface area contributed by atoms with Crippen molar-refractivity contribution in [1.82, 2.24) is 29.4 Å². The Hall–Kier alpha value is -0.560. The van der Waals surface area contributed by atoms with Gasteiger partial charge in [0.15, 0.2) is 0 Å². The summed E-state index contributed by atoms with van der Waals surface area (Å²) in [7, 11) is 0. The summed E-state index contributed by atoms with van der Waals surface area (Å²) in [4.78, 5) is 15.8. The average molecular weight is 787 g/mol. The molecule has 14 heteroatoms. The predicted octanol–water partition coefficient (Wildman–Crippen LogP) is 0.319. The van der Waals surface area contributed by atoms with Gasteiger partial charge in [0.05, 0.1) is 0 Å². The Kier molecular flexibility index (Phi) is 42.6. The van der Waals surface area contributed by atoms with Gasteiger partial charge in [-0.3, -0.25) is 0 Å². The lowest BCUT2D eigenvalue weighted by Gasteiger charge is -2.29. The second-order valence-electron chi connectivity index (χ2n) is 15.7. The molecule has 0 aromatic carbocycles. The maximum atomic E-state index is 5.89. The zero-order chi connectivity index (χ0) is 40.5. The predicted molar refractivity (Wildman–Crippen MR) is 240 cm³/mol. The second kappa shape index (κ2) is 43.0. The Morgan fingerprint density at radius 1 is 0.145 bits per heavy atom. The maximum Gasteiger partial charge on any atom is -0.000653 e. The van der Waals surface area contributed by atoms with Crippen LogP contribution in [0.4, 0.5) is 0 Å². The largest absolute Gasteiger partial charge is 0.330 e. The molecule has 0 aromatic rings. The molecule has 0 saturated heterocycles. The van der Waals surface area contributed by atoms with Crippen molar-refractivity contribution < 1.29 is 0 Å². The highest BCUT2D eigenvalue weighted by molar-refractivity contribution is 4.70. The van der Waals surface area contributed by atoms with Gasteiger partial charge in [-0.1, -0.05) is 0 Å². The third kappa shape index (κ3) is 35.1. The molecule has 332 valence electrons. The number of unbranched alkanes of at least 4 members (excludes halogenated alkanes) is 2. The van der Waals surface area contributed by atoms with Crippen LogP contribution in [0, 0.1) is 0 Å². The van der Waals surface area contributed by atoms with E-state index in [4.69, 9.17) is 45.9 Å². The number of hydrogen-bond acceptors (Lipinski definition) is 14. The molecule has 0 aliphatic carbocycles. The maximum absolute atomic E-state index is 5.89. The van der Waals surface area contributed by atoms with Crippen LogP contribution in [0.25, 0.3) is 0 Å². The van der Waals surface area contributed by atoms with Crippen molar-refractivity contribution >= 4 is 0 Å². The third-order valence-corrected chi connectivity index (χ3v) is 10.7. The molecule has 16 N–H and O–H groups in total. The van der Waals surface area contributed by atoms with E-state index in [1.165, 1.54) is 44.9 Å². The molecule has 0 rings (SSSR count). The van der Waals surface area contributed by atoms with E-state index in [0.717, 1.165) is 222 Å². The molecule has 0 fully saturated rings.